The van der Waals surface area contributed by atoms with Crippen LogP contribution in [0.5, 0.6) is 0 Å². The fourth-order valence-electron chi connectivity index (χ4n) is 3.55. The molecule has 3 aromatic carbocycles. The molecule has 4 aromatic rings. The van der Waals surface area contributed by atoms with Crippen LogP contribution in [0, 0.1) is 13.8 Å². The van der Waals surface area contributed by atoms with E-state index in [0.717, 1.165) is 33.6 Å². The van der Waals surface area contributed by atoms with Gasteiger partial charge in [0.1, 0.15) is 0 Å². The van der Waals surface area contributed by atoms with Gasteiger partial charge < -0.3 is 10.1 Å². The Morgan fingerprint density at radius 1 is 0.875 bits per heavy atom. The summed E-state index contributed by atoms with van der Waals surface area (Å²) in [5.41, 5.74) is 7.81. The number of pyridine rings is 1. The highest BCUT2D eigenvalue weighted by molar-refractivity contribution is 6.05. The zero-order valence-corrected chi connectivity index (χ0v) is 18.3. The number of hydrogen-bond acceptors (Lipinski definition) is 3. The highest BCUT2D eigenvalue weighted by atomic mass is 16.5. The molecule has 0 atom stereocenters. The van der Waals surface area contributed by atoms with E-state index in [1.54, 1.807) is 6.20 Å². The number of carbonyl (C=O) groups excluding carboxylic acids is 1. The summed E-state index contributed by atoms with van der Waals surface area (Å²) in [6, 6.07) is 27.6. The van der Waals surface area contributed by atoms with E-state index in [-0.39, 0.29) is 5.91 Å². The van der Waals surface area contributed by atoms with Gasteiger partial charge in [0, 0.05) is 17.4 Å². The molecule has 160 valence electrons. The molecule has 0 saturated carbocycles. The first-order valence-electron chi connectivity index (χ1n) is 10.6. The molecule has 0 radical (unpaired) electrons. The Bertz CT molecular complexity index is 1190. The molecule has 1 aromatic heterocycles. The molecule has 32 heavy (non-hydrogen) atoms. The van der Waals surface area contributed by atoms with Gasteiger partial charge in [-0.25, -0.2) is 0 Å². The van der Waals surface area contributed by atoms with Crippen LogP contribution in [0.4, 0.5) is 5.69 Å². The van der Waals surface area contributed by atoms with Crippen LogP contribution in [0.25, 0.3) is 11.1 Å². The number of carbonyl (C=O) groups is 1. The average molecular weight is 423 g/mol. The van der Waals surface area contributed by atoms with Crippen molar-refractivity contribution in [3.63, 3.8) is 0 Å². The van der Waals surface area contributed by atoms with Gasteiger partial charge >= 0.3 is 0 Å². The summed E-state index contributed by atoms with van der Waals surface area (Å²) in [7, 11) is 0. The number of benzene rings is 3. The van der Waals surface area contributed by atoms with Gasteiger partial charge in [0.25, 0.3) is 5.91 Å². The van der Waals surface area contributed by atoms with Gasteiger partial charge in [0.15, 0.2) is 0 Å². The van der Waals surface area contributed by atoms with Crippen molar-refractivity contribution in [3.05, 3.63) is 119 Å². The summed E-state index contributed by atoms with van der Waals surface area (Å²) < 4.78 is 5.73. The second-order valence-corrected chi connectivity index (χ2v) is 7.80. The zero-order valence-electron chi connectivity index (χ0n) is 18.3. The van der Waals surface area contributed by atoms with Crippen LogP contribution in [0.15, 0.2) is 91.1 Å². The van der Waals surface area contributed by atoms with Gasteiger partial charge in [0.05, 0.1) is 18.9 Å². The summed E-state index contributed by atoms with van der Waals surface area (Å²) in [6.07, 6.45) is 1.76. The lowest BCUT2D eigenvalue weighted by molar-refractivity contribution is 0.102. The summed E-state index contributed by atoms with van der Waals surface area (Å²) in [4.78, 5) is 17.2. The summed E-state index contributed by atoms with van der Waals surface area (Å²) >= 11 is 0. The van der Waals surface area contributed by atoms with Crippen LogP contribution in [0.3, 0.4) is 0 Å². The second-order valence-electron chi connectivity index (χ2n) is 7.80. The highest BCUT2D eigenvalue weighted by Crippen LogP contribution is 2.27. The molecular formula is C28H26N2O2. The van der Waals surface area contributed by atoms with Gasteiger partial charge in [0.2, 0.25) is 0 Å². The minimum Gasteiger partial charge on any atom is -0.370 e. The number of rotatable bonds is 7. The van der Waals surface area contributed by atoms with E-state index in [1.165, 1.54) is 5.56 Å². The molecule has 1 amide bonds. The topological polar surface area (TPSA) is 51.2 Å². The summed E-state index contributed by atoms with van der Waals surface area (Å²) in [5.74, 6) is -0.121. The number of hydrogen-bond donors (Lipinski definition) is 1. The molecular weight excluding hydrogens is 396 g/mol. The standard InChI is InChI=1S/C28H26N2O2/c1-20-16-24(17-27(21(20)2)23-8-4-3-5-9-23)28(31)30-25-13-11-22(12-14-25)18-32-19-26-10-6-7-15-29-26/h3-17H,18-19H2,1-2H3,(H,30,31). The second kappa shape index (κ2) is 10.0. The van der Waals surface area contributed by atoms with Crippen molar-refractivity contribution in [1.29, 1.82) is 0 Å². The fraction of sp³-hybridized carbons (Fsp3) is 0.143. The third kappa shape index (κ3) is 5.29. The molecule has 4 heteroatoms. The lowest BCUT2D eigenvalue weighted by atomic mass is 9.94. The maximum absolute atomic E-state index is 12.9. The predicted molar refractivity (Wildman–Crippen MR) is 128 cm³/mol. The van der Waals surface area contributed by atoms with Crippen molar-refractivity contribution in [1.82, 2.24) is 4.98 Å². The maximum Gasteiger partial charge on any atom is 0.255 e. The van der Waals surface area contributed by atoms with Crippen molar-refractivity contribution in [2.45, 2.75) is 27.1 Å². The molecule has 0 unspecified atom stereocenters. The average Bonchev–Trinajstić information content (AvgIpc) is 2.83. The van der Waals surface area contributed by atoms with Gasteiger partial charge in [-0.05, 0) is 78.1 Å². The molecule has 0 aliphatic carbocycles. The van der Waals surface area contributed by atoms with E-state index in [0.29, 0.717) is 18.8 Å². The Labute approximate surface area is 188 Å². The number of aryl methyl sites for hydroxylation is 1. The Kier molecular flexibility index (Phi) is 6.73. The summed E-state index contributed by atoms with van der Waals surface area (Å²) in [6.45, 7) is 5.09. The molecule has 1 heterocycles. The van der Waals surface area contributed by atoms with Gasteiger partial charge in [-0.3, -0.25) is 9.78 Å². The number of nitrogens with one attached hydrogen (secondary N) is 1. The molecule has 4 nitrogen and oxygen atoms in total. The first-order valence-corrected chi connectivity index (χ1v) is 10.6. The van der Waals surface area contributed by atoms with Crippen LogP contribution >= 0.6 is 0 Å². The molecule has 4 rings (SSSR count). The van der Waals surface area contributed by atoms with Crippen molar-refractivity contribution in [2.24, 2.45) is 0 Å². The quantitative estimate of drug-likeness (QED) is 0.378. The smallest absolute Gasteiger partial charge is 0.255 e. The van der Waals surface area contributed by atoms with Crippen molar-refractivity contribution in [2.75, 3.05) is 5.32 Å². The number of amides is 1. The van der Waals surface area contributed by atoms with Crippen molar-refractivity contribution in [3.8, 4) is 11.1 Å². The fourth-order valence-corrected chi connectivity index (χ4v) is 3.55. The van der Waals surface area contributed by atoms with Gasteiger partial charge in [-0.2, -0.15) is 0 Å². The van der Waals surface area contributed by atoms with Crippen molar-refractivity contribution < 1.29 is 9.53 Å². The van der Waals surface area contributed by atoms with E-state index in [1.807, 2.05) is 79.7 Å². The Morgan fingerprint density at radius 3 is 2.34 bits per heavy atom. The zero-order chi connectivity index (χ0) is 22.3. The van der Waals surface area contributed by atoms with E-state index >= 15 is 0 Å². The minimum absolute atomic E-state index is 0.121. The van der Waals surface area contributed by atoms with Gasteiger partial charge in [-0.1, -0.05) is 48.5 Å². The Hall–Kier alpha value is -3.76. The van der Waals surface area contributed by atoms with Crippen LogP contribution < -0.4 is 5.32 Å². The van der Waals surface area contributed by atoms with Crippen LogP contribution in [0.1, 0.15) is 32.7 Å². The van der Waals surface area contributed by atoms with E-state index in [2.05, 4.69) is 29.4 Å². The third-order valence-electron chi connectivity index (χ3n) is 5.47. The molecule has 0 saturated heterocycles. The number of nitrogens with zero attached hydrogens (tertiary/aromatic N) is 1. The molecule has 0 aliphatic heterocycles. The molecule has 1 N–H and O–H groups in total. The first-order chi connectivity index (χ1) is 15.6. The summed E-state index contributed by atoms with van der Waals surface area (Å²) in [5, 5.41) is 3.00. The molecule has 0 fully saturated rings. The maximum atomic E-state index is 12.9. The molecule has 0 spiro atoms. The molecule has 0 bridgehead atoms. The van der Waals surface area contributed by atoms with E-state index < -0.39 is 0 Å². The SMILES string of the molecule is Cc1cc(C(=O)Nc2ccc(COCc3ccccn3)cc2)cc(-c2ccccc2)c1C. The predicted octanol–water partition coefficient (Wildman–Crippen LogP) is 6.33. The molecule has 0 aliphatic rings. The lowest BCUT2D eigenvalue weighted by Crippen LogP contribution is -2.12. The van der Waals surface area contributed by atoms with Crippen LogP contribution in [-0.2, 0) is 18.0 Å². The van der Waals surface area contributed by atoms with E-state index in [9.17, 15) is 4.79 Å². The van der Waals surface area contributed by atoms with Crippen LogP contribution in [-0.4, -0.2) is 10.9 Å². The van der Waals surface area contributed by atoms with Crippen LogP contribution in [0.2, 0.25) is 0 Å². The Balaban J connectivity index is 1.41. The minimum atomic E-state index is -0.121. The third-order valence-corrected chi connectivity index (χ3v) is 5.47. The lowest BCUT2D eigenvalue weighted by Gasteiger charge is -2.13. The Morgan fingerprint density at radius 2 is 1.62 bits per heavy atom. The number of ether oxygens (including phenoxy) is 1. The van der Waals surface area contributed by atoms with E-state index in [4.69, 9.17) is 4.74 Å². The highest BCUT2D eigenvalue weighted by Gasteiger charge is 2.12. The van der Waals surface area contributed by atoms with Crippen molar-refractivity contribution >= 4 is 11.6 Å². The van der Waals surface area contributed by atoms with Gasteiger partial charge in [-0.15, -0.1) is 0 Å². The largest absolute Gasteiger partial charge is 0.370 e. The monoisotopic (exact) mass is 422 g/mol. The number of anilines is 1. The first kappa shape index (κ1) is 21.5. The normalized spacial score (nSPS) is 10.7. The number of aromatic nitrogens is 1.